The Bertz CT molecular complexity index is 952. The number of hydrogen-bond acceptors (Lipinski definition) is 4. The standard InChI is InChI=1S/C16H13N5O/c1-20-10-17-6-15(20)13-9-21-14(7-19-16(21)8-18-13)11-2-4-12(22)5-3-11/h2-10,22H,1H3. The molecular formula is C16H13N5O. The molecule has 0 bridgehead atoms. The molecule has 3 aromatic heterocycles. The van der Waals surface area contributed by atoms with Crippen LogP contribution in [0.3, 0.4) is 0 Å². The second-order valence-electron chi connectivity index (χ2n) is 5.08. The van der Waals surface area contributed by atoms with Crippen molar-refractivity contribution in [2.45, 2.75) is 0 Å². The largest absolute Gasteiger partial charge is 0.508 e. The molecule has 108 valence electrons. The highest BCUT2D eigenvalue weighted by Crippen LogP contribution is 2.24. The zero-order valence-electron chi connectivity index (χ0n) is 11.9. The maximum atomic E-state index is 9.42. The van der Waals surface area contributed by atoms with Gasteiger partial charge in [0.25, 0.3) is 0 Å². The average molecular weight is 291 g/mol. The number of phenols is 1. The Morgan fingerprint density at radius 1 is 0.955 bits per heavy atom. The van der Waals surface area contributed by atoms with Gasteiger partial charge in [0, 0.05) is 18.8 Å². The molecule has 0 spiro atoms. The summed E-state index contributed by atoms with van der Waals surface area (Å²) in [6, 6.07) is 7.06. The Morgan fingerprint density at radius 3 is 2.50 bits per heavy atom. The van der Waals surface area contributed by atoms with Gasteiger partial charge < -0.3 is 9.67 Å². The zero-order valence-corrected chi connectivity index (χ0v) is 11.9. The maximum Gasteiger partial charge on any atom is 0.155 e. The summed E-state index contributed by atoms with van der Waals surface area (Å²) in [6.45, 7) is 0. The maximum absolute atomic E-state index is 9.42. The molecule has 0 aliphatic heterocycles. The van der Waals surface area contributed by atoms with Crippen LogP contribution in [0.2, 0.25) is 0 Å². The molecule has 0 amide bonds. The first-order chi connectivity index (χ1) is 10.7. The van der Waals surface area contributed by atoms with Gasteiger partial charge >= 0.3 is 0 Å². The summed E-state index contributed by atoms with van der Waals surface area (Å²) in [5, 5.41) is 9.42. The molecule has 0 atom stereocenters. The Morgan fingerprint density at radius 2 is 1.77 bits per heavy atom. The zero-order chi connectivity index (χ0) is 15.1. The van der Waals surface area contributed by atoms with Gasteiger partial charge in [-0.1, -0.05) is 0 Å². The smallest absolute Gasteiger partial charge is 0.155 e. The molecular weight excluding hydrogens is 278 g/mol. The molecule has 0 aliphatic carbocycles. The van der Waals surface area contributed by atoms with E-state index in [1.165, 1.54) is 0 Å². The fourth-order valence-corrected chi connectivity index (χ4v) is 2.47. The summed E-state index contributed by atoms with van der Waals surface area (Å²) < 4.78 is 3.91. The molecule has 0 aliphatic rings. The van der Waals surface area contributed by atoms with Crippen LogP contribution in [-0.2, 0) is 7.05 Å². The van der Waals surface area contributed by atoms with E-state index in [0.29, 0.717) is 0 Å². The van der Waals surface area contributed by atoms with Gasteiger partial charge in [-0.15, -0.1) is 0 Å². The Balaban J connectivity index is 1.90. The van der Waals surface area contributed by atoms with E-state index in [4.69, 9.17) is 0 Å². The Kier molecular flexibility index (Phi) is 2.69. The molecule has 0 radical (unpaired) electrons. The number of phenolic OH excluding ortho intramolecular Hbond substituents is 1. The first-order valence-corrected chi connectivity index (χ1v) is 6.81. The van der Waals surface area contributed by atoms with Crippen LogP contribution in [-0.4, -0.2) is 29.0 Å². The molecule has 1 aromatic carbocycles. The topological polar surface area (TPSA) is 68.2 Å². The second kappa shape index (κ2) is 4.70. The number of imidazole rings is 2. The number of aromatic hydroxyl groups is 1. The molecule has 0 fully saturated rings. The van der Waals surface area contributed by atoms with E-state index in [1.54, 1.807) is 37.1 Å². The van der Waals surface area contributed by atoms with E-state index >= 15 is 0 Å². The van der Waals surface area contributed by atoms with Gasteiger partial charge in [-0.25, -0.2) is 15.0 Å². The number of hydrogen-bond donors (Lipinski definition) is 1. The number of aryl methyl sites for hydroxylation is 1. The monoisotopic (exact) mass is 291 g/mol. The minimum Gasteiger partial charge on any atom is -0.508 e. The lowest BCUT2D eigenvalue weighted by Gasteiger charge is -2.05. The van der Waals surface area contributed by atoms with Crippen LogP contribution in [0, 0.1) is 0 Å². The number of benzene rings is 1. The average Bonchev–Trinajstić information content (AvgIpc) is 3.13. The van der Waals surface area contributed by atoms with Crippen molar-refractivity contribution in [1.29, 1.82) is 0 Å². The normalized spacial score (nSPS) is 11.1. The molecule has 6 heteroatoms. The van der Waals surface area contributed by atoms with Crippen molar-refractivity contribution in [2.24, 2.45) is 7.05 Å². The first-order valence-electron chi connectivity index (χ1n) is 6.81. The molecule has 0 unspecified atom stereocenters. The number of nitrogens with zero attached hydrogens (tertiary/aromatic N) is 5. The predicted octanol–water partition coefficient (Wildman–Crippen LogP) is 2.50. The van der Waals surface area contributed by atoms with E-state index in [-0.39, 0.29) is 5.75 Å². The quantitative estimate of drug-likeness (QED) is 0.616. The highest BCUT2D eigenvalue weighted by Gasteiger charge is 2.10. The second-order valence-corrected chi connectivity index (χ2v) is 5.08. The van der Waals surface area contributed by atoms with Gasteiger partial charge in [0.15, 0.2) is 5.65 Å². The number of rotatable bonds is 2. The van der Waals surface area contributed by atoms with E-state index in [0.717, 1.165) is 28.3 Å². The van der Waals surface area contributed by atoms with Gasteiger partial charge in [0.05, 0.1) is 36.3 Å². The van der Waals surface area contributed by atoms with Crippen molar-refractivity contribution < 1.29 is 5.11 Å². The van der Waals surface area contributed by atoms with Crippen molar-refractivity contribution in [3.63, 3.8) is 0 Å². The Labute approximate surface area is 126 Å². The summed E-state index contributed by atoms with van der Waals surface area (Å²) in [6.07, 6.45) is 9.02. The summed E-state index contributed by atoms with van der Waals surface area (Å²) in [7, 11) is 1.93. The van der Waals surface area contributed by atoms with Gasteiger partial charge in [-0.3, -0.25) is 4.40 Å². The molecule has 3 heterocycles. The number of fused-ring (bicyclic) bond motifs is 1. The summed E-state index contributed by atoms with van der Waals surface area (Å²) in [4.78, 5) is 13.0. The van der Waals surface area contributed by atoms with Gasteiger partial charge in [0.1, 0.15) is 11.4 Å². The van der Waals surface area contributed by atoms with Crippen LogP contribution in [0.15, 0.2) is 55.4 Å². The fourth-order valence-electron chi connectivity index (χ4n) is 2.47. The highest BCUT2D eigenvalue weighted by molar-refractivity contribution is 5.65. The molecule has 6 nitrogen and oxygen atoms in total. The van der Waals surface area contributed by atoms with Gasteiger partial charge in [0.2, 0.25) is 0 Å². The fraction of sp³-hybridized carbons (Fsp3) is 0.0625. The van der Waals surface area contributed by atoms with Crippen LogP contribution >= 0.6 is 0 Å². The van der Waals surface area contributed by atoms with Gasteiger partial charge in [-0.05, 0) is 24.3 Å². The van der Waals surface area contributed by atoms with Gasteiger partial charge in [-0.2, -0.15) is 0 Å². The van der Waals surface area contributed by atoms with E-state index in [9.17, 15) is 5.11 Å². The van der Waals surface area contributed by atoms with Crippen LogP contribution in [0.1, 0.15) is 0 Å². The third kappa shape index (κ3) is 1.93. The molecule has 22 heavy (non-hydrogen) atoms. The summed E-state index contributed by atoms with van der Waals surface area (Å²) in [5.41, 5.74) is 4.46. The van der Waals surface area contributed by atoms with Crippen LogP contribution in [0.5, 0.6) is 5.75 Å². The molecule has 4 rings (SSSR count). The van der Waals surface area contributed by atoms with Crippen molar-refractivity contribution in [1.82, 2.24) is 23.9 Å². The van der Waals surface area contributed by atoms with Crippen LogP contribution in [0.25, 0.3) is 28.3 Å². The molecule has 1 N–H and O–H groups in total. The molecule has 4 aromatic rings. The van der Waals surface area contributed by atoms with E-state index in [1.807, 2.05) is 34.3 Å². The lowest BCUT2D eigenvalue weighted by molar-refractivity contribution is 0.475. The lowest BCUT2D eigenvalue weighted by Crippen LogP contribution is -1.96. The molecule has 0 saturated carbocycles. The SMILES string of the molecule is Cn1cncc1-c1cn2c(-c3ccc(O)cc3)cnc2cn1. The Hall–Kier alpha value is -3.15. The predicted molar refractivity (Wildman–Crippen MR) is 82.3 cm³/mol. The third-order valence-corrected chi connectivity index (χ3v) is 3.64. The minimum absolute atomic E-state index is 0.245. The highest BCUT2D eigenvalue weighted by atomic mass is 16.3. The minimum atomic E-state index is 0.245. The summed E-state index contributed by atoms with van der Waals surface area (Å²) >= 11 is 0. The van der Waals surface area contributed by atoms with Crippen LogP contribution in [0.4, 0.5) is 0 Å². The van der Waals surface area contributed by atoms with E-state index < -0.39 is 0 Å². The van der Waals surface area contributed by atoms with Crippen LogP contribution < -0.4 is 0 Å². The van der Waals surface area contributed by atoms with Crippen molar-refractivity contribution in [3.8, 4) is 28.4 Å². The van der Waals surface area contributed by atoms with Crippen molar-refractivity contribution >= 4 is 5.65 Å². The number of aromatic nitrogens is 5. The first kappa shape index (κ1) is 12.6. The van der Waals surface area contributed by atoms with Crippen molar-refractivity contribution in [3.05, 3.63) is 55.4 Å². The van der Waals surface area contributed by atoms with E-state index in [2.05, 4.69) is 15.0 Å². The van der Waals surface area contributed by atoms with Crippen molar-refractivity contribution in [2.75, 3.05) is 0 Å². The molecule has 0 saturated heterocycles. The lowest BCUT2D eigenvalue weighted by atomic mass is 10.1. The third-order valence-electron chi connectivity index (χ3n) is 3.64. The summed E-state index contributed by atoms with van der Waals surface area (Å²) in [5.74, 6) is 0.245.